The zero-order valence-corrected chi connectivity index (χ0v) is 17.6. The minimum atomic E-state index is -0.154. The second-order valence-electron chi connectivity index (χ2n) is 7.11. The van der Waals surface area contributed by atoms with Crippen LogP contribution in [0.25, 0.3) is 44.2 Å². The summed E-state index contributed by atoms with van der Waals surface area (Å²) in [5.41, 5.74) is 2.87. The van der Waals surface area contributed by atoms with Crippen LogP contribution >= 0.6 is 0 Å². The Kier molecular flexibility index (Phi) is 4.45. The van der Waals surface area contributed by atoms with E-state index in [1.807, 2.05) is 42.5 Å². The number of ether oxygens (including phenoxy) is 3. The van der Waals surface area contributed by atoms with E-state index in [0.29, 0.717) is 45.1 Å². The molecule has 8 heteroatoms. The van der Waals surface area contributed by atoms with Crippen molar-refractivity contribution in [1.82, 2.24) is 9.97 Å². The van der Waals surface area contributed by atoms with Crippen LogP contribution in [0.5, 0.6) is 17.2 Å². The predicted octanol–water partition coefficient (Wildman–Crippen LogP) is 4.51. The second-order valence-corrected chi connectivity index (χ2v) is 7.11. The number of methoxy groups -OCH3 is 3. The number of nitriles is 1. The second kappa shape index (κ2) is 7.32. The van der Waals surface area contributed by atoms with Crippen molar-refractivity contribution in [2.45, 2.75) is 0 Å². The number of H-pyrrole nitrogens is 1. The molecule has 0 aliphatic rings. The zero-order chi connectivity index (χ0) is 22.4. The Morgan fingerprint density at radius 3 is 2.38 bits per heavy atom. The topological polar surface area (TPSA) is 117 Å². The Balaban J connectivity index is 1.96. The third-order valence-electron chi connectivity index (χ3n) is 5.45. The molecule has 5 aromatic rings. The number of fused-ring (bicyclic) bond motifs is 2. The van der Waals surface area contributed by atoms with Crippen molar-refractivity contribution in [1.29, 1.82) is 10.7 Å². The van der Waals surface area contributed by atoms with Gasteiger partial charge in [0.05, 0.1) is 32.2 Å². The summed E-state index contributed by atoms with van der Waals surface area (Å²) >= 11 is 0. The molecule has 8 nitrogen and oxygen atoms in total. The Morgan fingerprint density at radius 1 is 1.00 bits per heavy atom. The molecule has 2 aromatic carbocycles. The van der Waals surface area contributed by atoms with E-state index in [1.165, 1.54) is 0 Å². The fourth-order valence-corrected chi connectivity index (χ4v) is 4.00. The first-order valence-corrected chi connectivity index (χ1v) is 9.73. The van der Waals surface area contributed by atoms with E-state index in [1.54, 1.807) is 21.3 Å². The summed E-state index contributed by atoms with van der Waals surface area (Å²) in [7, 11) is 4.66. The van der Waals surface area contributed by atoms with Crippen LogP contribution in [0, 0.1) is 16.7 Å². The summed E-state index contributed by atoms with van der Waals surface area (Å²) in [6.45, 7) is 0. The molecule has 0 aliphatic carbocycles. The van der Waals surface area contributed by atoms with Gasteiger partial charge in [0.25, 0.3) is 0 Å². The van der Waals surface area contributed by atoms with Crippen molar-refractivity contribution >= 4 is 33.0 Å². The van der Waals surface area contributed by atoms with E-state index in [0.717, 1.165) is 16.3 Å². The lowest BCUT2D eigenvalue weighted by Crippen LogP contribution is -2.12. The van der Waals surface area contributed by atoms with Crippen LogP contribution in [0.2, 0.25) is 0 Å². The molecular weight excluding hydrogens is 408 g/mol. The van der Waals surface area contributed by atoms with Crippen LogP contribution in [0.15, 0.2) is 46.9 Å². The summed E-state index contributed by atoms with van der Waals surface area (Å²) in [6, 6.07) is 15.3. The molecule has 5 rings (SSSR count). The molecule has 0 aliphatic heterocycles. The molecule has 0 fully saturated rings. The fourth-order valence-electron chi connectivity index (χ4n) is 4.00. The van der Waals surface area contributed by atoms with Gasteiger partial charge in [0.2, 0.25) is 11.5 Å². The third-order valence-corrected chi connectivity index (χ3v) is 5.45. The van der Waals surface area contributed by atoms with Crippen molar-refractivity contribution in [3.05, 3.63) is 53.5 Å². The van der Waals surface area contributed by atoms with E-state index in [4.69, 9.17) is 24.0 Å². The van der Waals surface area contributed by atoms with Crippen LogP contribution in [-0.2, 0) is 0 Å². The molecule has 0 unspecified atom stereocenters. The quantitative estimate of drug-likeness (QED) is 0.323. The largest absolute Gasteiger partial charge is 0.493 e. The number of pyridine rings is 2. The molecule has 0 saturated heterocycles. The van der Waals surface area contributed by atoms with Gasteiger partial charge in [-0.3, -0.25) is 5.41 Å². The Bertz CT molecular complexity index is 1600. The maximum Gasteiger partial charge on any atom is 0.231 e. The van der Waals surface area contributed by atoms with Gasteiger partial charge in [-0.25, -0.2) is 0 Å². The molecule has 32 heavy (non-hydrogen) atoms. The van der Waals surface area contributed by atoms with Crippen molar-refractivity contribution in [3.63, 3.8) is 0 Å². The van der Waals surface area contributed by atoms with Gasteiger partial charge < -0.3 is 23.6 Å². The number of hydrogen-bond acceptors (Lipinski definition) is 7. The van der Waals surface area contributed by atoms with Crippen LogP contribution in [-0.4, -0.2) is 31.3 Å². The number of rotatable bonds is 4. The van der Waals surface area contributed by atoms with Crippen LogP contribution in [0.1, 0.15) is 5.56 Å². The standard InChI is InChI=1S/C24H18N4O4/c1-29-18-8-12(9-19(30-2)22(18)31-3)16-10-14-13-6-4-5-7-17(13)32-24-20(14)21(27-16)15(11-25)23(26)28-24/h4-10,26-27H,1-3H3. The van der Waals surface area contributed by atoms with E-state index in [-0.39, 0.29) is 11.1 Å². The van der Waals surface area contributed by atoms with Gasteiger partial charge in [-0.2, -0.15) is 10.2 Å². The first kappa shape index (κ1) is 19.5. The molecule has 0 bridgehead atoms. The van der Waals surface area contributed by atoms with Crippen LogP contribution < -0.4 is 19.7 Å². The number of aromatic amines is 1. The number of nitrogens with one attached hydrogen (secondary N) is 2. The fraction of sp³-hybridized carbons (Fsp3) is 0.125. The van der Waals surface area contributed by atoms with Gasteiger partial charge in [0.1, 0.15) is 17.2 Å². The van der Waals surface area contributed by atoms with Gasteiger partial charge >= 0.3 is 0 Å². The summed E-state index contributed by atoms with van der Waals surface area (Å²) in [5, 5.41) is 20.4. The van der Waals surface area contributed by atoms with Crippen molar-refractivity contribution in [2.24, 2.45) is 0 Å². The monoisotopic (exact) mass is 426 g/mol. The summed E-state index contributed by atoms with van der Waals surface area (Å²) in [6.07, 6.45) is 0. The lowest BCUT2D eigenvalue weighted by molar-refractivity contribution is 0.324. The third kappa shape index (κ3) is 2.76. The molecule has 0 amide bonds. The van der Waals surface area contributed by atoms with Crippen LogP contribution in [0.4, 0.5) is 0 Å². The SMILES string of the molecule is COc1cc(-c2cc3c4ccccc4oc4nc(=N)c(C#N)c([nH]2)c43)cc(OC)c1OC. The van der Waals surface area contributed by atoms with Gasteiger partial charge in [-0.05, 0) is 24.3 Å². The molecule has 2 N–H and O–H groups in total. The predicted molar refractivity (Wildman–Crippen MR) is 119 cm³/mol. The minimum absolute atomic E-state index is 0.141. The van der Waals surface area contributed by atoms with Crippen LogP contribution in [0.3, 0.4) is 0 Å². The number of nitrogens with zero attached hydrogens (tertiary/aromatic N) is 2. The van der Waals surface area contributed by atoms with Crippen molar-refractivity contribution in [2.75, 3.05) is 21.3 Å². The van der Waals surface area contributed by atoms with Crippen molar-refractivity contribution in [3.8, 4) is 34.6 Å². The summed E-state index contributed by atoms with van der Waals surface area (Å²) in [4.78, 5) is 7.54. The highest BCUT2D eigenvalue weighted by molar-refractivity contribution is 6.17. The first-order chi connectivity index (χ1) is 15.6. The zero-order valence-electron chi connectivity index (χ0n) is 17.6. The maximum atomic E-state index is 9.75. The molecule has 3 heterocycles. The normalized spacial score (nSPS) is 11.1. The smallest absolute Gasteiger partial charge is 0.231 e. The molecule has 3 aromatic heterocycles. The number of para-hydroxylation sites is 1. The highest BCUT2D eigenvalue weighted by atomic mass is 16.5. The number of benzene rings is 2. The van der Waals surface area contributed by atoms with Gasteiger partial charge in [0, 0.05) is 22.0 Å². The van der Waals surface area contributed by atoms with E-state index < -0.39 is 0 Å². The number of hydrogen-bond donors (Lipinski definition) is 2. The highest BCUT2D eigenvalue weighted by Crippen LogP contribution is 2.42. The van der Waals surface area contributed by atoms with Gasteiger partial charge in [-0.15, -0.1) is 0 Å². The lowest BCUT2D eigenvalue weighted by atomic mass is 10.0. The molecule has 158 valence electrons. The number of aromatic nitrogens is 2. The molecule has 0 spiro atoms. The first-order valence-electron chi connectivity index (χ1n) is 9.73. The molecular formula is C24H18N4O4. The Labute approximate surface area is 182 Å². The molecule has 0 atom stereocenters. The lowest BCUT2D eigenvalue weighted by Gasteiger charge is -2.16. The van der Waals surface area contributed by atoms with Gasteiger partial charge in [-0.1, -0.05) is 18.2 Å². The van der Waals surface area contributed by atoms with E-state index in [9.17, 15) is 5.26 Å². The van der Waals surface area contributed by atoms with Crippen molar-refractivity contribution < 1.29 is 18.6 Å². The average Bonchev–Trinajstić information content (AvgIpc) is 2.82. The maximum absolute atomic E-state index is 9.75. The molecule has 0 radical (unpaired) electrons. The highest BCUT2D eigenvalue weighted by Gasteiger charge is 2.19. The summed E-state index contributed by atoms with van der Waals surface area (Å²) < 4.78 is 22.4. The average molecular weight is 426 g/mol. The van der Waals surface area contributed by atoms with E-state index in [2.05, 4.69) is 16.0 Å². The Hall–Kier alpha value is -4.51. The van der Waals surface area contributed by atoms with E-state index >= 15 is 0 Å². The summed E-state index contributed by atoms with van der Waals surface area (Å²) in [5.74, 6) is 1.49. The minimum Gasteiger partial charge on any atom is -0.493 e. The molecule has 0 saturated carbocycles. The van der Waals surface area contributed by atoms with Gasteiger partial charge in [0.15, 0.2) is 17.0 Å². The Morgan fingerprint density at radius 2 is 1.72 bits per heavy atom.